The molecule has 0 saturated heterocycles. The monoisotopic (exact) mass is 275 g/mol. The summed E-state index contributed by atoms with van der Waals surface area (Å²) < 4.78 is 0. The molecule has 0 aliphatic heterocycles. The number of nitro groups is 1. The molecule has 18 heavy (non-hydrogen) atoms. The van der Waals surface area contributed by atoms with Crippen molar-refractivity contribution in [1.29, 1.82) is 0 Å². The summed E-state index contributed by atoms with van der Waals surface area (Å²) in [5.74, 6) is -1.34. The van der Waals surface area contributed by atoms with Crippen molar-refractivity contribution in [3.05, 3.63) is 38.9 Å². The number of rotatable bonds is 5. The molecule has 0 spiro atoms. The van der Waals surface area contributed by atoms with Gasteiger partial charge in [-0.3, -0.25) is 14.9 Å². The van der Waals surface area contributed by atoms with Crippen LogP contribution in [0.25, 0.3) is 0 Å². The molecular formula is C10H10ClNO6. The minimum atomic E-state index is -1.74. The molecule has 0 bridgehead atoms. The van der Waals surface area contributed by atoms with Gasteiger partial charge in [-0.1, -0.05) is 17.7 Å². The molecule has 2 atom stereocenters. The van der Waals surface area contributed by atoms with Gasteiger partial charge in [0.05, 0.1) is 28.0 Å². The summed E-state index contributed by atoms with van der Waals surface area (Å²) in [4.78, 5) is 20.4. The van der Waals surface area contributed by atoms with Crippen LogP contribution < -0.4 is 0 Å². The van der Waals surface area contributed by atoms with Gasteiger partial charge in [-0.2, -0.15) is 0 Å². The van der Waals surface area contributed by atoms with Gasteiger partial charge < -0.3 is 15.3 Å². The molecule has 2 unspecified atom stereocenters. The first-order valence-corrected chi connectivity index (χ1v) is 5.23. The number of aliphatic carboxylic acids is 1. The first-order valence-electron chi connectivity index (χ1n) is 4.85. The summed E-state index contributed by atoms with van der Waals surface area (Å²) in [5, 5.41) is 38.3. The van der Waals surface area contributed by atoms with Gasteiger partial charge >= 0.3 is 5.97 Å². The molecule has 0 heterocycles. The molecule has 0 aliphatic rings. The zero-order valence-electron chi connectivity index (χ0n) is 8.99. The van der Waals surface area contributed by atoms with Gasteiger partial charge in [0.25, 0.3) is 5.69 Å². The van der Waals surface area contributed by atoms with E-state index in [1.54, 1.807) is 0 Å². The number of hydrogen-bond acceptors (Lipinski definition) is 5. The van der Waals surface area contributed by atoms with Crippen molar-refractivity contribution in [2.45, 2.75) is 18.6 Å². The van der Waals surface area contributed by atoms with Crippen LogP contribution in [0.1, 0.15) is 18.1 Å². The minimum absolute atomic E-state index is 0.110. The summed E-state index contributed by atoms with van der Waals surface area (Å²) in [7, 11) is 0. The second kappa shape index (κ2) is 5.76. The van der Waals surface area contributed by atoms with Gasteiger partial charge in [0.15, 0.2) is 0 Å². The number of nitro benzene ring substituents is 1. The van der Waals surface area contributed by atoms with Crippen LogP contribution in [-0.4, -0.2) is 32.3 Å². The van der Waals surface area contributed by atoms with Crippen molar-refractivity contribution < 1.29 is 25.0 Å². The van der Waals surface area contributed by atoms with Crippen LogP contribution >= 0.6 is 11.6 Å². The number of aliphatic hydroxyl groups is 2. The maximum absolute atomic E-state index is 10.8. The van der Waals surface area contributed by atoms with Crippen LogP contribution in [0.2, 0.25) is 5.02 Å². The lowest BCUT2D eigenvalue weighted by molar-refractivity contribution is -0.386. The summed E-state index contributed by atoms with van der Waals surface area (Å²) in [5.41, 5.74) is -0.766. The smallest absolute Gasteiger partial charge is 0.306 e. The Hall–Kier alpha value is -1.70. The van der Waals surface area contributed by atoms with Crippen LogP contribution in [0.15, 0.2) is 18.2 Å². The molecule has 0 aromatic heterocycles. The Morgan fingerprint density at radius 3 is 2.56 bits per heavy atom. The molecule has 0 saturated carbocycles. The van der Waals surface area contributed by atoms with Crippen molar-refractivity contribution in [1.82, 2.24) is 0 Å². The second-order valence-electron chi connectivity index (χ2n) is 3.54. The number of halogens is 1. The summed E-state index contributed by atoms with van der Waals surface area (Å²) >= 11 is 5.73. The predicted molar refractivity (Wildman–Crippen MR) is 61.3 cm³/mol. The molecule has 1 aromatic carbocycles. The molecule has 0 radical (unpaired) electrons. The number of carbonyl (C=O) groups is 1. The maximum atomic E-state index is 10.8. The van der Waals surface area contributed by atoms with Crippen molar-refractivity contribution in [3.63, 3.8) is 0 Å². The Morgan fingerprint density at radius 2 is 2.06 bits per heavy atom. The van der Waals surface area contributed by atoms with Gasteiger partial charge in [-0.25, -0.2) is 0 Å². The zero-order chi connectivity index (χ0) is 13.9. The molecule has 7 nitrogen and oxygen atoms in total. The van der Waals surface area contributed by atoms with Crippen LogP contribution in [0.4, 0.5) is 5.69 Å². The van der Waals surface area contributed by atoms with Gasteiger partial charge in [0, 0.05) is 6.07 Å². The van der Waals surface area contributed by atoms with E-state index in [1.165, 1.54) is 12.1 Å². The molecule has 0 fully saturated rings. The number of carboxylic acids is 1. The maximum Gasteiger partial charge on any atom is 0.306 e. The molecule has 98 valence electrons. The fourth-order valence-electron chi connectivity index (χ4n) is 1.46. The summed E-state index contributed by atoms with van der Waals surface area (Å²) in [6.07, 6.45) is -4.17. The van der Waals surface area contributed by atoms with Crippen molar-refractivity contribution >= 4 is 23.3 Å². The van der Waals surface area contributed by atoms with Crippen LogP contribution in [0.5, 0.6) is 0 Å². The lowest BCUT2D eigenvalue weighted by Crippen LogP contribution is -2.22. The first kappa shape index (κ1) is 14.4. The molecule has 8 heteroatoms. The van der Waals surface area contributed by atoms with Crippen LogP contribution in [0.3, 0.4) is 0 Å². The Kier molecular flexibility index (Phi) is 4.60. The lowest BCUT2D eigenvalue weighted by atomic mass is 10.0. The molecular weight excluding hydrogens is 266 g/mol. The number of nitrogens with zero attached hydrogens (tertiary/aromatic N) is 1. The predicted octanol–water partition coefficient (Wildman–Crippen LogP) is 1.12. The summed E-state index contributed by atoms with van der Waals surface area (Å²) in [6, 6.07) is 3.73. The van der Waals surface area contributed by atoms with E-state index in [-0.39, 0.29) is 10.6 Å². The Bertz CT molecular complexity index is 477. The van der Waals surface area contributed by atoms with E-state index in [0.717, 1.165) is 6.07 Å². The van der Waals surface area contributed by atoms with E-state index < -0.39 is 35.2 Å². The van der Waals surface area contributed by atoms with Crippen molar-refractivity contribution in [3.8, 4) is 0 Å². The third-order valence-electron chi connectivity index (χ3n) is 2.27. The number of hydrogen-bond donors (Lipinski definition) is 3. The Balaban J connectivity index is 3.15. The molecule has 0 aliphatic carbocycles. The van der Waals surface area contributed by atoms with Gasteiger partial charge in [-0.15, -0.1) is 0 Å². The van der Waals surface area contributed by atoms with Crippen molar-refractivity contribution in [2.75, 3.05) is 0 Å². The van der Waals surface area contributed by atoms with Gasteiger partial charge in [-0.05, 0) is 6.07 Å². The fraction of sp³-hybridized carbons (Fsp3) is 0.300. The molecule has 1 rings (SSSR count). The average Bonchev–Trinajstić information content (AvgIpc) is 2.26. The van der Waals surface area contributed by atoms with Gasteiger partial charge in [0.1, 0.15) is 6.10 Å². The van der Waals surface area contributed by atoms with E-state index in [9.17, 15) is 25.1 Å². The number of aliphatic hydroxyl groups excluding tert-OH is 2. The topological polar surface area (TPSA) is 121 Å². The van der Waals surface area contributed by atoms with Crippen molar-refractivity contribution in [2.24, 2.45) is 0 Å². The molecule has 0 amide bonds. The normalized spacial score (nSPS) is 13.9. The zero-order valence-corrected chi connectivity index (χ0v) is 9.74. The third kappa shape index (κ3) is 3.16. The highest BCUT2D eigenvalue weighted by atomic mass is 35.5. The van der Waals surface area contributed by atoms with E-state index >= 15 is 0 Å². The Labute approximate surface area is 106 Å². The van der Waals surface area contributed by atoms with E-state index in [1.807, 2.05) is 0 Å². The first-order chi connectivity index (χ1) is 8.34. The fourth-order valence-corrected chi connectivity index (χ4v) is 1.74. The van der Waals surface area contributed by atoms with Gasteiger partial charge in [0.2, 0.25) is 0 Å². The van der Waals surface area contributed by atoms with Crippen LogP contribution in [-0.2, 0) is 4.79 Å². The second-order valence-corrected chi connectivity index (χ2v) is 3.95. The third-order valence-corrected chi connectivity index (χ3v) is 2.60. The molecule has 1 aromatic rings. The largest absolute Gasteiger partial charge is 0.481 e. The summed E-state index contributed by atoms with van der Waals surface area (Å²) in [6.45, 7) is 0. The SMILES string of the molecule is O=C(O)CC(O)C(O)c1c(Cl)cccc1[N+](=O)[O-]. The minimum Gasteiger partial charge on any atom is -0.481 e. The highest BCUT2D eigenvalue weighted by Crippen LogP contribution is 2.34. The standard InChI is InChI=1S/C10H10ClNO6/c11-5-2-1-3-6(12(17)18)9(5)10(16)7(13)4-8(14)15/h1-3,7,10,13,16H,4H2,(H,14,15). The highest BCUT2D eigenvalue weighted by Gasteiger charge is 2.29. The lowest BCUT2D eigenvalue weighted by Gasteiger charge is -2.17. The van der Waals surface area contributed by atoms with Crippen LogP contribution in [0, 0.1) is 10.1 Å². The Morgan fingerprint density at radius 1 is 1.44 bits per heavy atom. The molecule has 3 N–H and O–H groups in total. The van der Waals surface area contributed by atoms with E-state index in [4.69, 9.17) is 16.7 Å². The average molecular weight is 276 g/mol. The highest BCUT2D eigenvalue weighted by molar-refractivity contribution is 6.31. The number of carboxylic acid groups (broad SMARTS) is 1. The van der Waals surface area contributed by atoms with E-state index in [2.05, 4.69) is 0 Å². The van der Waals surface area contributed by atoms with E-state index in [0.29, 0.717) is 0 Å². The number of benzene rings is 1. The quantitative estimate of drug-likeness (QED) is 0.547.